The van der Waals surface area contributed by atoms with Gasteiger partial charge in [-0.05, 0) is 36.1 Å². The molecule has 0 fully saturated rings. The van der Waals surface area contributed by atoms with Gasteiger partial charge in [0.25, 0.3) is 0 Å². The number of aromatic nitrogens is 2. The minimum Gasteiger partial charge on any atom is -0.387 e. The number of carbonyl (C=O) groups excluding carboxylic acids is 1. The van der Waals surface area contributed by atoms with Crippen molar-refractivity contribution in [3.05, 3.63) is 45.9 Å². The summed E-state index contributed by atoms with van der Waals surface area (Å²) in [5, 5.41) is 13.7. The Bertz CT molecular complexity index is 919. The summed E-state index contributed by atoms with van der Waals surface area (Å²) >= 11 is 6.13. The molecule has 2 heterocycles. The number of aryl methyl sites for hydroxylation is 1. The Morgan fingerprint density at radius 1 is 1.48 bits per heavy atom. The minimum atomic E-state index is -0.516. The molecule has 1 aliphatic heterocycles. The van der Waals surface area contributed by atoms with Crippen LogP contribution in [0.15, 0.2) is 23.9 Å². The van der Waals surface area contributed by atoms with Crippen molar-refractivity contribution in [1.82, 2.24) is 14.7 Å². The van der Waals surface area contributed by atoms with E-state index in [2.05, 4.69) is 5.10 Å². The molecule has 4 rings (SSSR count). The van der Waals surface area contributed by atoms with Crippen LogP contribution < -0.4 is 0 Å². The lowest BCUT2D eigenvalue weighted by molar-refractivity contribution is -0.133. The van der Waals surface area contributed by atoms with E-state index in [-0.39, 0.29) is 10.9 Å². The molecule has 25 heavy (non-hydrogen) atoms. The number of benzene rings is 1. The molecule has 1 N–H and O–H groups in total. The highest BCUT2D eigenvalue weighted by molar-refractivity contribution is 6.31. The highest BCUT2D eigenvalue weighted by atomic mass is 35.5. The second-order valence-electron chi connectivity index (χ2n) is 6.43. The van der Waals surface area contributed by atoms with Crippen molar-refractivity contribution in [2.24, 2.45) is 7.05 Å². The van der Waals surface area contributed by atoms with Crippen LogP contribution in [-0.4, -0.2) is 45.4 Å². The molecule has 2 aliphatic rings. The molecular formula is C18H17ClFN3O2. The fourth-order valence-corrected chi connectivity index (χ4v) is 3.95. The Kier molecular flexibility index (Phi) is 3.89. The number of aliphatic hydroxyl groups is 1. The molecule has 0 radical (unpaired) electrons. The van der Waals surface area contributed by atoms with Gasteiger partial charge in [-0.1, -0.05) is 17.2 Å². The van der Waals surface area contributed by atoms with E-state index in [0.717, 1.165) is 28.0 Å². The summed E-state index contributed by atoms with van der Waals surface area (Å²) in [4.78, 5) is 13.5. The van der Waals surface area contributed by atoms with Crippen LogP contribution in [0.4, 0.5) is 4.39 Å². The molecule has 0 saturated heterocycles. The summed E-state index contributed by atoms with van der Waals surface area (Å²) < 4.78 is 16.3. The largest absolute Gasteiger partial charge is 0.387 e. The Morgan fingerprint density at radius 3 is 2.96 bits per heavy atom. The number of nitrogens with zero attached hydrogens (tertiary/aromatic N) is 3. The summed E-state index contributed by atoms with van der Waals surface area (Å²) in [6, 6.07) is 3.47. The molecule has 1 aromatic carbocycles. The lowest BCUT2D eigenvalue weighted by Crippen LogP contribution is -2.37. The molecule has 1 aromatic heterocycles. The number of halogens is 2. The Morgan fingerprint density at radius 2 is 2.28 bits per heavy atom. The molecule has 0 spiro atoms. The van der Waals surface area contributed by atoms with Gasteiger partial charge in [0.2, 0.25) is 5.91 Å². The number of hydrogen-bond donors (Lipinski definition) is 1. The number of rotatable bonds is 2. The molecular weight excluding hydrogens is 345 g/mol. The first-order valence-electron chi connectivity index (χ1n) is 8.10. The summed E-state index contributed by atoms with van der Waals surface area (Å²) in [6.45, 7) is 0.403. The first-order chi connectivity index (χ1) is 12.0. The monoisotopic (exact) mass is 361 g/mol. The van der Waals surface area contributed by atoms with E-state index in [1.165, 1.54) is 0 Å². The van der Waals surface area contributed by atoms with Crippen LogP contribution in [0, 0.1) is 5.82 Å². The Balaban J connectivity index is 1.86. The third-order valence-electron chi connectivity index (χ3n) is 4.95. The van der Waals surface area contributed by atoms with Gasteiger partial charge in [-0.2, -0.15) is 5.10 Å². The molecule has 0 bridgehead atoms. The van der Waals surface area contributed by atoms with Crippen molar-refractivity contribution >= 4 is 23.1 Å². The van der Waals surface area contributed by atoms with Crippen LogP contribution in [0.5, 0.6) is 0 Å². The zero-order valence-electron chi connectivity index (χ0n) is 13.7. The van der Waals surface area contributed by atoms with E-state index >= 15 is 0 Å². The zero-order chi connectivity index (χ0) is 17.7. The van der Waals surface area contributed by atoms with Gasteiger partial charge in [-0.3, -0.25) is 9.48 Å². The van der Waals surface area contributed by atoms with Gasteiger partial charge in [0, 0.05) is 37.5 Å². The second-order valence-corrected chi connectivity index (χ2v) is 6.84. The van der Waals surface area contributed by atoms with Crippen LogP contribution in [0.2, 0.25) is 5.02 Å². The Hall–Kier alpha value is -2.18. The summed E-state index contributed by atoms with van der Waals surface area (Å²) in [7, 11) is 1.82. The van der Waals surface area contributed by atoms with E-state index in [1.807, 2.05) is 19.3 Å². The SMILES string of the molecule is Cn1ccc(-c2cc(Cl)c(F)c3c2C2=C(CCN(C(=O)CO)C2)C3)n1. The summed E-state index contributed by atoms with van der Waals surface area (Å²) in [5.41, 5.74) is 4.97. The molecule has 0 unspecified atom stereocenters. The second kappa shape index (κ2) is 5.97. The predicted molar refractivity (Wildman–Crippen MR) is 92.5 cm³/mol. The van der Waals surface area contributed by atoms with Crippen LogP contribution in [0.1, 0.15) is 17.5 Å². The maximum absolute atomic E-state index is 14.7. The smallest absolute Gasteiger partial charge is 0.248 e. The van der Waals surface area contributed by atoms with Gasteiger partial charge in [-0.15, -0.1) is 0 Å². The van der Waals surface area contributed by atoms with Gasteiger partial charge < -0.3 is 10.0 Å². The number of carbonyl (C=O) groups is 1. The molecule has 0 saturated carbocycles. The average molecular weight is 362 g/mol. The van der Waals surface area contributed by atoms with Crippen molar-refractivity contribution in [3.8, 4) is 11.3 Å². The highest BCUT2D eigenvalue weighted by Gasteiger charge is 2.34. The molecule has 1 aliphatic carbocycles. The van der Waals surface area contributed by atoms with Crippen molar-refractivity contribution in [1.29, 1.82) is 0 Å². The summed E-state index contributed by atoms with van der Waals surface area (Å²) in [5.74, 6) is -0.709. The molecule has 130 valence electrons. The average Bonchev–Trinajstić information content (AvgIpc) is 3.20. The van der Waals surface area contributed by atoms with Crippen molar-refractivity contribution in [2.75, 3.05) is 19.7 Å². The van der Waals surface area contributed by atoms with E-state index in [9.17, 15) is 9.18 Å². The number of hydrogen-bond acceptors (Lipinski definition) is 3. The lowest BCUT2D eigenvalue weighted by Gasteiger charge is -2.28. The van der Waals surface area contributed by atoms with Crippen LogP contribution in [-0.2, 0) is 18.3 Å². The number of amides is 1. The van der Waals surface area contributed by atoms with E-state index in [1.54, 1.807) is 15.6 Å². The van der Waals surface area contributed by atoms with E-state index < -0.39 is 12.4 Å². The molecule has 2 aromatic rings. The topological polar surface area (TPSA) is 58.4 Å². The van der Waals surface area contributed by atoms with Crippen LogP contribution >= 0.6 is 11.6 Å². The third kappa shape index (κ3) is 2.56. The zero-order valence-corrected chi connectivity index (χ0v) is 14.5. The van der Waals surface area contributed by atoms with E-state index in [0.29, 0.717) is 31.5 Å². The maximum atomic E-state index is 14.7. The fraction of sp³-hybridized carbons (Fsp3) is 0.333. The van der Waals surface area contributed by atoms with Crippen molar-refractivity contribution < 1.29 is 14.3 Å². The lowest BCUT2D eigenvalue weighted by atomic mass is 9.94. The molecule has 1 amide bonds. The first kappa shape index (κ1) is 16.3. The molecule has 7 heteroatoms. The standard InChI is InChI=1S/C18H17ClFN3O2/c1-22-4-3-15(21-22)11-7-14(19)18(20)12-6-10-2-5-23(16(25)9-24)8-13(10)17(11)12/h3-4,7,24H,2,5-6,8-9H2,1H3. The van der Waals surface area contributed by atoms with Gasteiger partial charge in [-0.25, -0.2) is 4.39 Å². The normalized spacial score (nSPS) is 16.2. The summed E-state index contributed by atoms with van der Waals surface area (Å²) in [6.07, 6.45) is 3.01. The van der Waals surface area contributed by atoms with Crippen molar-refractivity contribution in [3.63, 3.8) is 0 Å². The molecule has 5 nitrogen and oxygen atoms in total. The van der Waals surface area contributed by atoms with Gasteiger partial charge in [0.1, 0.15) is 12.4 Å². The molecule has 0 atom stereocenters. The van der Waals surface area contributed by atoms with Crippen LogP contribution in [0.25, 0.3) is 16.8 Å². The van der Waals surface area contributed by atoms with E-state index in [4.69, 9.17) is 16.7 Å². The van der Waals surface area contributed by atoms with Gasteiger partial charge >= 0.3 is 0 Å². The van der Waals surface area contributed by atoms with Gasteiger partial charge in [0.15, 0.2) is 0 Å². The highest BCUT2D eigenvalue weighted by Crippen LogP contribution is 2.45. The quantitative estimate of drug-likeness (QED) is 0.893. The first-order valence-corrected chi connectivity index (χ1v) is 8.48. The number of fused-ring (bicyclic) bond motifs is 2. The predicted octanol–water partition coefficient (Wildman–Crippen LogP) is 2.41. The van der Waals surface area contributed by atoms with Crippen molar-refractivity contribution in [2.45, 2.75) is 12.8 Å². The Labute approximate surface area is 149 Å². The minimum absolute atomic E-state index is 0.0857. The van der Waals surface area contributed by atoms with Crippen LogP contribution in [0.3, 0.4) is 0 Å². The number of aliphatic hydroxyl groups excluding tert-OH is 1. The maximum Gasteiger partial charge on any atom is 0.248 e. The third-order valence-corrected chi connectivity index (χ3v) is 5.22. The van der Waals surface area contributed by atoms with Gasteiger partial charge in [0.05, 0.1) is 10.7 Å². The fourth-order valence-electron chi connectivity index (χ4n) is 3.73.